The van der Waals surface area contributed by atoms with Gasteiger partial charge in [-0.05, 0) is 25.1 Å². The molecule has 0 aromatic heterocycles. The molecular formula is C17H20N4O6. The van der Waals surface area contributed by atoms with Crippen molar-refractivity contribution in [3.8, 4) is 11.5 Å². The zero-order chi connectivity index (χ0) is 19.4. The first-order chi connectivity index (χ1) is 13.0. The number of amides is 4. The first-order valence-electron chi connectivity index (χ1n) is 8.56. The van der Waals surface area contributed by atoms with E-state index in [0.717, 1.165) is 4.90 Å². The Balaban J connectivity index is 1.51. The Hall–Kier alpha value is -3.30. The fourth-order valence-electron chi connectivity index (χ4n) is 2.76. The Labute approximate surface area is 155 Å². The van der Waals surface area contributed by atoms with Crippen molar-refractivity contribution in [2.75, 3.05) is 39.4 Å². The molecule has 3 rings (SSSR count). The summed E-state index contributed by atoms with van der Waals surface area (Å²) in [6, 6.07) is 4.67. The molecule has 2 heterocycles. The normalized spacial score (nSPS) is 16.2. The van der Waals surface area contributed by atoms with Crippen molar-refractivity contribution >= 4 is 23.6 Å². The topological polar surface area (TPSA) is 117 Å². The third kappa shape index (κ3) is 4.10. The maximum Gasteiger partial charge on any atom is 0.312 e. The number of nitrogens with one attached hydrogen (secondary N) is 2. The molecule has 1 saturated heterocycles. The average molecular weight is 376 g/mol. The van der Waals surface area contributed by atoms with Crippen LogP contribution >= 0.6 is 0 Å². The molecule has 2 aliphatic heterocycles. The molecule has 144 valence electrons. The molecule has 0 saturated carbocycles. The summed E-state index contributed by atoms with van der Waals surface area (Å²) in [4.78, 5) is 50.5. The van der Waals surface area contributed by atoms with Crippen LogP contribution in [0.3, 0.4) is 0 Å². The van der Waals surface area contributed by atoms with Gasteiger partial charge in [-0.3, -0.25) is 30.0 Å². The third-order valence-corrected chi connectivity index (χ3v) is 4.23. The number of nitrogens with zero attached hydrogens (tertiary/aromatic N) is 2. The number of hydrogen-bond acceptors (Lipinski definition) is 6. The Bertz CT molecular complexity index is 781. The molecular weight excluding hydrogens is 356 g/mol. The van der Waals surface area contributed by atoms with Crippen LogP contribution in [0.15, 0.2) is 18.2 Å². The minimum Gasteiger partial charge on any atom is -0.486 e. The summed E-state index contributed by atoms with van der Waals surface area (Å²) >= 11 is 0. The maximum atomic E-state index is 12.2. The van der Waals surface area contributed by atoms with Crippen LogP contribution in [-0.4, -0.2) is 72.8 Å². The molecule has 0 atom stereocenters. The minimum absolute atomic E-state index is 0.266. The van der Waals surface area contributed by atoms with Gasteiger partial charge in [0, 0.05) is 25.2 Å². The van der Waals surface area contributed by atoms with Crippen LogP contribution in [-0.2, 0) is 14.4 Å². The van der Waals surface area contributed by atoms with Crippen molar-refractivity contribution in [3.05, 3.63) is 23.8 Å². The van der Waals surface area contributed by atoms with Gasteiger partial charge >= 0.3 is 11.8 Å². The van der Waals surface area contributed by atoms with E-state index in [-0.39, 0.29) is 18.7 Å². The van der Waals surface area contributed by atoms with E-state index in [1.165, 1.54) is 11.0 Å². The average Bonchev–Trinajstić information content (AvgIpc) is 2.69. The van der Waals surface area contributed by atoms with Crippen LogP contribution in [0.4, 0.5) is 0 Å². The number of rotatable bonds is 4. The summed E-state index contributed by atoms with van der Waals surface area (Å²) < 4.78 is 10.8. The summed E-state index contributed by atoms with van der Waals surface area (Å²) in [7, 11) is 0. The highest BCUT2D eigenvalue weighted by Crippen LogP contribution is 2.30. The second-order valence-corrected chi connectivity index (χ2v) is 5.97. The summed E-state index contributed by atoms with van der Waals surface area (Å²) in [6.45, 7) is 3.38. The van der Waals surface area contributed by atoms with Crippen molar-refractivity contribution < 1.29 is 28.7 Å². The molecule has 27 heavy (non-hydrogen) atoms. The van der Waals surface area contributed by atoms with Crippen molar-refractivity contribution in [3.63, 3.8) is 0 Å². The quantitative estimate of drug-likeness (QED) is 0.509. The number of hydrogen-bond donors (Lipinski definition) is 2. The molecule has 10 nitrogen and oxygen atoms in total. The predicted octanol–water partition coefficient (Wildman–Crippen LogP) is -1.09. The Morgan fingerprint density at radius 3 is 2.41 bits per heavy atom. The molecule has 0 unspecified atom stereocenters. The highest BCUT2D eigenvalue weighted by atomic mass is 16.6. The van der Waals surface area contributed by atoms with Crippen molar-refractivity contribution in [1.82, 2.24) is 20.7 Å². The Kier molecular flexibility index (Phi) is 5.43. The fraction of sp³-hybridized carbons (Fsp3) is 0.412. The van der Waals surface area contributed by atoms with Gasteiger partial charge in [0.2, 0.25) is 0 Å². The van der Waals surface area contributed by atoms with Gasteiger partial charge in [0.1, 0.15) is 19.8 Å². The van der Waals surface area contributed by atoms with Gasteiger partial charge in [0.25, 0.3) is 11.8 Å². The van der Waals surface area contributed by atoms with Crippen LogP contribution in [0.2, 0.25) is 0 Å². The zero-order valence-corrected chi connectivity index (χ0v) is 14.8. The summed E-state index contributed by atoms with van der Waals surface area (Å²) in [5, 5.41) is 0. The summed E-state index contributed by atoms with van der Waals surface area (Å²) in [6.07, 6.45) is 0. The molecule has 1 aromatic carbocycles. The zero-order valence-electron chi connectivity index (χ0n) is 14.8. The van der Waals surface area contributed by atoms with Gasteiger partial charge in [0.05, 0.1) is 0 Å². The van der Waals surface area contributed by atoms with Gasteiger partial charge in [0.15, 0.2) is 11.5 Å². The lowest BCUT2D eigenvalue weighted by atomic mass is 10.2. The van der Waals surface area contributed by atoms with Gasteiger partial charge < -0.3 is 19.3 Å². The second kappa shape index (κ2) is 7.94. The van der Waals surface area contributed by atoms with E-state index in [4.69, 9.17) is 9.47 Å². The highest BCUT2D eigenvalue weighted by molar-refractivity contribution is 6.35. The second-order valence-electron chi connectivity index (χ2n) is 5.97. The number of piperazine rings is 1. The van der Waals surface area contributed by atoms with Crippen LogP contribution in [0.5, 0.6) is 11.5 Å². The maximum absolute atomic E-state index is 12.2. The lowest BCUT2D eigenvalue weighted by Gasteiger charge is -2.32. The molecule has 2 N–H and O–H groups in total. The van der Waals surface area contributed by atoms with E-state index < -0.39 is 23.6 Å². The first-order valence-corrected chi connectivity index (χ1v) is 8.56. The molecule has 0 radical (unpaired) electrons. The highest BCUT2D eigenvalue weighted by Gasteiger charge is 2.32. The van der Waals surface area contributed by atoms with Crippen LogP contribution < -0.4 is 20.3 Å². The van der Waals surface area contributed by atoms with Gasteiger partial charge in [-0.25, -0.2) is 0 Å². The monoisotopic (exact) mass is 376 g/mol. The number of ether oxygens (including phenoxy) is 2. The third-order valence-electron chi connectivity index (χ3n) is 4.23. The lowest BCUT2D eigenvalue weighted by molar-refractivity contribution is -0.156. The van der Waals surface area contributed by atoms with E-state index in [0.29, 0.717) is 37.8 Å². The van der Waals surface area contributed by atoms with E-state index in [1.54, 1.807) is 19.1 Å². The van der Waals surface area contributed by atoms with Crippen molar-refractivity contribution in [1.29, 1.82) is 0 Å². The standard InChI is InChI=1S/C17H20N4O6/c1-2-20-5-6-21(17(25)16(20)24)10-14(22)18-19-15(23)11-3-4-12-13(9-11)27-8-7-26-12/h3-4,9H,2,5-8,10H2,1H3,(H,18,22)(H,19,23). The fourth-order valence-corrected chi connectivity index (χ4v) is 2.76. The van der Waals surface area contributed by atoms with Gasteiger partial charge in [-0.15, -0.1) is 0 Å². The van der Waals surface area contributed by atoms with Crippen molar-refractivity contribution in [2.45, 2.75) is 6.92 Å². The minimum atomic E-state index is -0.726. The number of carbonyl (C=O) groups excluding carboxylic acids is 4. The number of hydrazine groups is 1. The van der Waals surface area contributed by atoms with E-state index in [2.05, 4.69) is 10.9 Å². The smallest absolute Gasteiger partial charge is 0.312 e. The molecule has 0 bridgehead atoms. The first kappa shape index (κ1) is 18.5. The summed E-state index contributed by atoms with van der Waals surface area (Å²) in [5.74, 6) is -1.49. The molecule has 10 heteroatoms. The van der Waals surface area contributed by atoms with Gasteiger partial charge in [-0.1, -0.05) is 0 Å². The molecule has 4 amide bonds. The number of carbonyl (C=O) groups is 4. The number of fused-ring (bicyclic) bond motifs is 1. The largest absolute Gasteiger partial charge is 0.486 e. The molecule has 0 aliphatic carbocycles. The number of likely N-dealkylation sites (N-methyl/N-ethyl adjacent to an activating group) is 1. The molecule has 2 aliphatic rings. The Morgan fingerprint density at radius 1 is 1.00 bits per heavy atom. The molecule has 0 spiro atoms. The number of benzene rings is 1. The molecule has 1 aromatic rings. The van der Waals surface area contributed by atoms with Crippen molar-refractivity contribution in [2.24, 2.45) is 0 Å². The van der Waals surface area contributed by atoms with Crippen LogP contribution in [0, 0.1) is 0 Å². The lowest BCUT2D eigenvalue weighted by Crippen LogP contribution is -2.57. The Morgan fingerprint density at radius 2 is 1.67 bits per heavy atom. The van der Waals surface area contributed by atoms with Crippen LogP contribution in [0.1, 0.15) is 17.3 Å². The van der Waals surface area contributed by atoms with E-state index in [9.17, 15) is 19.2 Å². The van der Waals surface area contributed by atoms with E-state index >= 15 is 0 Å². The SMILES string of the molecule is CCN1CCN(CC(=O)NNC(=O)c2ccc3c(c2)OCCO3)C(=O)C1=O. The van der Waals surface area contributed by atoms with Crippen LogP contribution in [0.25, 0.3) is 0 Å². The molecule has 1 fully saturated rings. The van der Waals surface area contributed by atoms with E-state index in [1.807, 2.05) is 0 Å². The van der Waals surface area contributed by atoms with Gasteiger partial charge in [-0.2, -0.15) is 0 Å². The predicted molar refractivity (Wildman–Crippen MR) is 91.9 cm³/mol. The summed E-state index contributed by atoms with van der Waals surface area (Å²) in [5.41, 5.74) is 4.79.